The largest absolute Gasteiger partial charge is 0.392 e. The molecule has 0 fully saturated rings. The fourth-order valence-corrected chi connectivity index (χ4v) is 0.708. The summed E-state index contributed by atoms with van der Waals surface area (Å²) < 4.78 is 0. The maximum Gasteiger partial charge on any atom is 0.111 e. The van der Waals surface area contributed by atoms with E-state index < -0.39 is 5.92 Å². The van der Waals surface area contributed by atoms with Crippen LogP contribution in [0.4, 0.5) is 0 Å². The molecule has 9 heavy (non-hydrogen) atoms. The molecule has 0 spiro atoms. The van der Waals surface area contributed by atoms with Gasteiger partial charge in [0.05, 0.1) is 11.1 Å². The van der Waals surface area contributed by atoms with E-state index in [9.17, 15) is 0 Å². The fourth-order valence-electron chi connectivity index (χ4n) is 0.440. The molecule has 0 aromatic rings. The third-order valence-corrected chi connectivity index (χ3v) is 1.23. The van der Waals surface area contributed by atoms with Gasteiger partial charge in [-0.2, -0.15) is 5.26 Å². The van der Waals surface area contributed by atoms with Gasteiger partial charge in [0.2, 0.25) is 0 Å². The van der Waals surface area contributed by atoms with E-state index in [0.29, 0.717) is 0 Å². The van der Waals surface area contributed by atoms with Crippen molar-refractivity contribution in [1.29, 1.82) is 5.26 Å². The van der Waals surface area contributed by atoms with Crippen molar-refractivity contribution in [3.8, 4) is 6.07 Å². The van der Waals surface area contributed by atoms with Crippen molar-refractivity contribution in [3.63, 3.8) is 0 Å². The molecule has 0 aliphatic carbocycles. The Morgan fingerprint density at radius 1 is 1.78 bits per heavy atom. The molecule has 0 aromatic heterocycles. The lowest BCUT2D eigenvalue weighted by atomic mass is 10.1. The van der Waals surface area contributed by atoms with Gasteiger partial charge in [-0.25, -0.2) is 0 Å². The van der Waals surface area contributed by atoms with Crippen LogP contribution >= 0.6 is 12.2 Å². The Bertz CT molecular complexity index is 147. The first-order chi connectivity index (χ1) is 4.09. The molecule has 0 rings (SSSR count). The Labute approximate surface area is 59.6 Å². The zero-order valence-corrected chi connectivity index (χ0v) is 5.98. The number of rotatable bonds is 2. The number of hydrogen-bond donors (Lipinski definition) is 2. The topological polar surface area (TPSA) is 75.8 Å². The summed E-state index contributed by atoms with van der Waals surface area (Å²) in [5.74, 6) is -0.486. The van der Waals surface area contributed by atoms with Crippen LogP contribution in [0.5, 0.6) is 0 Å². The Hall–Kier alpha value is -0.660. The van der Waals surface area contributed by atoms with E-state index in [2.05, 4.69) is 12.2 Å². The fraction of sp³-hybridized carbons (Fsp3) is 0.600. The summed E-state index contributed by atoms with van der Waals surface area (Å²) >= 11 is 4.57. The lowest BCUT2D eigenvalue weighted by molar-refractivity contribution is 0.676. The van der Waals surface area contributed by atoms with Crippen molar-refractivity contribution in [2.24, 2.45) is 17.4 Å². The summed E-state index contributed by atoms with van der Waals surface area (Å²) in [6.07, 6.45) is 0. The van der Waals surface area contributed by atoms with Gasteiger partial charge in [0.25, 0.3) is 0 Å². The quantitative estimate of drug-likeness (QED) is 0.523. The van der Waals surface area contributed by atoms with Crippen LogP contribution < -0.4 is 11.5 Å². The van der Waals surface area contributed by atoms with Gasteiger partial charge in [0, 0.05) is 6.04 Å². The number of nitriles is 1. The molecule has 0 aromatic carbocycles. The van der Waals surface area contributed by atoms with E-state index in [1.165, 1.54) is 0 Å². The van der Waals surface area contributed by atoms with E-state index in [-0.39, 0.29) is 11.0 Å². The lowest BCUT2D eigenvalue weighted by Gasteiger charge is -2.09. The van der Waals surface area contributed by atoms with Crippen LogP contribution in [-0.4, -0.2) is 11.0 Å². The second-order valence-electron chi connectivity index (χ2n) is 1.87. The molecule has 3 nitrogen and oxygen atoms in total. The molecule has 2 atom stereocenters. The first-order valence-corrected chi connectivity index (χ1v) is 2.95. The van der Waals surface area contributed by atoms with Crippen LogP contribution in [0.25, 0.3) is 0 Å². The minimum Gasteiger partial charge on any atom is -0.392 e. The third kappa shape index (κ3) is 2.40. The second-order valence-corrected chi connectivity index (χ2v) is 2.34. The van der Waals surface area contributed by atoms with Crippen LogP contribution in [0.3, 0.4) is 0 Å². The summed E-state index contributed by atoms with van der Waals surface area (Å²) in [5.41, 5.74) is 10.5. The Balaban J connectivity index is 4.04. The average Bonchev–Trinajstić information content (AvgIpc) is 1.64. The summed E-state index contributed by atoms with van der Waals surface area (Å²) in [7, 11) is 0. The van der Waals surface area contributed by atoms with Crippen LogP contribution in [-0.2, 0) is 0 Å². The first-order valence-electron chi connectivity index (χ1n) is 2.54. The maximum atomic E-state index is 8.37. The van der Waals surface area contributed by atoms with Gasteiger partial charge in [-0.1, -0.05) is 12.2 Å². The molecule has 0 bridgehead atoms. The highest BCUT2D eigenvalue weighted by Crippen LogP contribution is 1.98. The van der Waals surface area contributed by atoms with Crippen LogP contribution in [0.1, 0.15) is 6.92 Å². The molecule has 4 heteroatoms. The molecule has 0 amide bonds. The van der Waals surface area contributed by atoms with E-state index in [0.717, 1.165) is 0 Å². The number of hydrogen-bond acceptors (Lipinski definition) is 3. The first kappa shape index (κ1) is 8.34. The van der Waals surface area contributed by atoms with Gasteiger partial charge in [0.1, 0.15) is 5.92 Å². The van der Waals surface area contributed by atoms with E-state index in [1.54, 1.807) is 6.92 Å². The summed E-state index contributed by atoms with van der Waals surface area (Å²) in [4.78, 5) is 0.174. The van der Waals surface area contributed by atoms with Gasteiger partial charge in [-0.05, 0) is 6.92 Å². The van der Waals surface area contributed by atoms with Gasteiger partial charge in [-0.15, -0.1) is 0 Å². The molecule has 0 heterocycles. The highest BCUT2D eigenvalue weighted by atomic mass is 32.1. The predicted octanol–water partition coefficient (Wildman–Crippen LogP) is -0.241. The maximum absolute atomic E-state index is 8.37. The van der Waals surface area contributed by atoms with E-state index in [4.69, 9.17) is 16.7 Å². The van der Waals surface area contributed by atoms with Crippen LogP contribution in [0.15, 0.2) is 0 Å². The molecule has 4 N–H and O–H groups in total. The van der Waals surface area contributed by atoms with Gasteiger partial charge in [-0.3, -0.25) is 0 Å². The third-order valence-electron chi connectivity index (χ3n) is 0.971. The van der Waals surface area contributed by atoms with Crippen molar-refractivity contribution in [2.75, 3.05) is 0 Å². The minimum absolute atomic E-state index is 0.174. The van der Waals surface area contributed by atoms with Crippen molar-refractivity contribution < 1.29 is 0 Å². The minimum atomic E-state index is -0.486. The van der Waals surface area contributed by atoms with Crippen LogP contribution in [0, 0.1) is 17.2 Å². The van der Waals surface area contributed by atoms with Gasteiger partial charge < -0.3 is 11.5 Å². The summed E-state index contributed by atoms with van der Waals surface area (Å²) in [5, 5.41) is 8.37. The summed E-state index contributed by atoms with van der Waals surface area (Å²) in [6.45, 7) is 1.70. The summed E-state index contributed by atoms with van der Waals surface area (Å²) in [6, 6.07) is 1.64. The molecule has 0 saturated carbocycles. The highest BCUT2D eigenvalue weighted by molar-refractivity contribution is 7.80. The molecule has 1 unspecified atom stereocenters. The van der Waals surface area contributed by atoms with Crippen molar-refractivity contribution in [1.82, 2.24) is 0 Å². The zero-order chi connectivity index (χ0) is 7.44. The number of nitrogens with zero attached hydrogens (tertiary/aromatic N) is 1. The van der Waals surface area contributed by atoms with Crippen molar-refractivity contribution in [3.05, 3.63) is 0 Å². The predicted molar refractivity (Wildman–Crippen MR) is 39.5 cm³/mol. The van der Waals surface area contributed by atoms with Gasteiger partial charge in [0.15, 0.2) is 0 Å². The zero-order valence-electron chi connectivity index (χ0n) is 5.16. The van der Waals surface area contributed by atoms with E-state index in [1.807, 2.05) is 6.07 Å². The number of nitrogens with two attached hydrogens (primary N) is 2. The Kier molecular flexibility index (Phi) is 3.13. The average molecular weight is 143 g/mol. The van der Waals surface area contributed by atoms with E-state index >= 15 is 0 Å². The highest BCUT2D eigenvalue weighted by Gasteiger charge is 2.14. The molecule has 0 radical (unpaired) electrons. The van der Waals surface area contributed by atoms with Crippen molar-refractivity contribution in [2.45, 2.75) is 13.0 Å². The normalized spacial score (nSPS) is 15.7. The number of thiocarbonyl (C=S) groups is 1. The SMILES string of the molecule is C[C@H](N)C(C#N)C(N)=S. The molecule has 0 saturated heterocycles. The molecular formula is C5H9N3S. The Morgan fingerprint density at radius 2 is 2.22 bits per heavy atom. The Morgan fingerprint density at radius 3 is 2.22 bits per heavy atom. The second kappa shape index (κ2) is 3.38. The van der Waals surface area contributed by atoms with Crippen molar-refractivity contribution >= 4 is 17.2 Å². The monoisotopic (exact) mass is 143 g/mol. The molecule has 0 aliphatic rings. The molecule has 0 aliphatic heterocycles. The van der Waals surface area contributed by atoms with Gasteiger partial charge >= 0.3 is 0 Å². The van der Waals surface area contributed by atoms with Crippen LogP contribution in [0.2, 0.25) is 0 Å². The standard InChI is InChI=1S/C5H9N3S/c1-3(7)4(2-6)5(8)9/h3-4H,7H2,1H3,(H2,8,9)/t3-,4?/m0/s1. The smallest absolute Gasteiger partial charge is 0.111 e. The molecule has 50 valence electrons. The lowest BCUT2D eigenvalue weighted by Crippen LogP contribution is -2.34. The molecular weight excluding hydrogens is 134 g/mol.